The average molecular weight is 383 g/mol. The molecular formula is C19H21ClF2N2O2. The fraction of sp³-hybridized carbons (Fsp3) is 0.474. The van der Waals surface area contributed by atoms with Crippen molar-refractivity contribution in [2.24, 2.45) is 5.41 Å². The Balaban J connectivity index is 2.31. The van der Waals surface area contributed by atoms with Crippen molar-refractivity contribution < 1.29 is 18.7 Å². The lowest BCUT2D eigenvalue weighted by atomic mass is 9.71. The summed E-state index contributed by atoms with van der Waals surface area (Å²) in [6.45, 7) is 7.78. The van der Waals surface area contributed by atoms with Crippen LogP contribution in [0.2, 0.25) is 5.02 Å². The number of carboxylic acid groups (broad SMARTS) is 1. The maximum Gasteiger partial charge on any atom is 0.330 e. The van der Waals surface area contributed by atoms with Gasteiger partial charge in [0.2, 0.25) is 0 Å². The molecule has 1 aromatic heterocycles. The van der Waals surface area contributed by atoms with Crippen molar-refractivity contribution in [2.45, 2.75) is 46.1 Å². The van der Waals surface area contributed by atoms with Gasteiger partial charge in [-0.25, -0.2) is 18.6 Å². The molecule has 1 fully saturated rings. The summed E-state index contributed by atoms with van der Waals surface area (Å²) < 4.78 is 27.9. The van der Waals surface area contributed by atoms with Crippen molar-refractivity contribution in [3.63, 3.8) is 0 Å². The molecule has 1 N–H and O–H groups in total. The van der Waals surface area contributed by atoms with Crippen LogP contribution in [0.5, 0.6) is 0 Å². The molecule has 3 rings (SSSR count). The second-order valence-electron chi connectivity index (χ2n) is 7.83. The summed E-state index contributed by atoms with van der Waals surface area (Å²) in [5, 5.41) is 10.2. The molecular weight excluding hydrogens is 362 g/mol. The Morgan fingerprint density at radius 2 is 2.00 bits per heavy atom. The smallest absolute Gasteiger partial charge is 0.330 e. The van der Waals surface area contributed by atoms with Gasteiger partial charge in [-0.1, -0.05) is 32.4 Å². The molecule has 140 valence electrons. The Morgan fingerprint density at radius 3 is 2.58 bits per heavy atom. The minimum Gasteiger partial charge on any atom is -0.479 e. The highest BCUT2D eigenvalue weighted by Crippen LogP contribution is 2.47. The van der Waals surface area contributed by atoms with Crippen LogP contribution in [0.15, 0.2) is 12.1 Å². The molecule has 1 atom stereocenters. The fourth-order valence-electron chi connectivity index (χ4n) is 4.04. The molecule has 2 aromatic rings. The molecule has 7 heteroatoms. The Labute approximate surface area is 155 Å². The highest BCUT2D eigenvalue weighted by atomic mass is 35.5. The van der Waals surface area contributed by atoms with E-state index in [1.165, 1.54) is 0 Å². The topological polar surface area (TPSA) is 53.4 Å². The quantitative estimate of drug-likeness (QED) is 0.798. The number of aromatic nitrogens is 1. The van der Waals surface area contributed by atoms with Crippen molar-refractivity contribution in [2.75, 3.05) is 11.4 Å². The first-order chi connectivity index (χ1) is 12.0. The first-order valence-electron chi connectivity index (χ1n) is 8.46. The van der Waals surface area contributed by atoms with E-state index < -0.39 is 28.6 Å². The van der Waals surface area contributed by atoms with E-state index in [-0.39, 0.29) is 15.9 Å². The number of nitrogens with zero attached hydrogens (tertiary/aromatic N) is 2. The van der Waals surface area contributed by atoms with Gasteiger partial charge in [-0.2, -0.15) is 0 Å². The van der Waals surface area contributed by atoms with Gasteiger partial charge in [-0.05, 0) is 25.2 Å². The normalized spacial score (nSPS) is 20.8. The van der Waals surface area contributed by atoms with E-state index in [1.54, 1.807) is 11.8 Å². The lowest BCUT2D eigenvalue weighted by molar-refractivity contribution is -0.147. The Hall–Kier alpha value is -1.95. The molecule has 1 aliphatic heterocycles. The second kappa shape index (κ2) is 6.05. The van der Waals surface area contributed by atoms with Crippen LogP contribution in [0.3, 0.4) is 0 Å². The molecule has 1 aromatic carbocycles. The van der Waals surface area contributed by atoms with Crippen LogP contribution in [0.25, 0.3) is 10.9 Å². The number of anilines is 1. The van der Waals surface area contributed by atoms with Gasteiger partial charge in [0.1, 0.15) is 23.0 Å². The standard InChI is InChI=1S/C19H21ClF2N2O2/c1-10-15(20)14-12(22)8-11(21)9-13(14)23-16(10)24-7-5-6-19(24,17(25)26)18(2,3)4/h8-9H,5-7H2,1-4H3,(H,25,26)/t19-/m1/s1. The number of carboxylic acids is 1. The van der Waals surface area contributed by atoms with Crippen molar-refractivity contribution in [1.82, 2.24) is 4.98 Å². The zero-order chi connectivity index (χ0) is 19.4. The van der Waals surface area contributed by atoms with Gasteiger partial charge in [-0.3, -0.25) is 0 Å². The fourth-order valence-corrected chi connectivity index (χ4v) is 4.31. The summed E-state index contributed by atoms with van der Waals surface area (Å²) in [6.07, 6.45) is 1.14. The van der Waals surface area contributed by atoms with Crippen molar-refractivity contribution in [3.05, 3.63) is 34.4 Å². The Bertz CT molecular complexity index is 911. The lowest BCUT2D eigenvalue weighted by Gasteiger charge is -2.45. The van der Waals surface area contributed by atoms with Crippen molar-refractivity contribution in [3.8, 4) is 0 Å². The number of carbonyl (C=O) groups is 1. The zero-order valence-corrected chi connectivity index (χ0v) is 15.9. The number of halogens is 3. The van der Waals surface area contributed by atoms with Crippen LogP contribution in [-0.2, 0) is 4.79 Å². The number of rotatable bonds is 2. The summed E-state index contributed by atoms with van der Waals surface area (Å²) in [7, 11) is 0. The molecule has 0 aliphatic carbocycles. The third-order valence-electron chi connectivity index (χ3n) is 5.38. The number of hydrogen-bond donors (Lipinski definition) is 1. The number of aliphatic carboxylic acids is 1. The van der Waals surface area contributed by atoms with Gasteiger partial charge in [0.15, 0.2) is 0 Å². The third-order valence-corrected chi connectivity index (χ3v) is 5.85. The monoisotopic (exact) mass is 382 g/mol. The van der Waals surface area contributed by atoms with Gasteiger partial charge in [0.25, 0.3) is 0 Å². The molecule has 0 unspecified atom stereocenters. The number of pyridine rings is 1. The van der Waals surface area contributed by atoms with Crippen LogP contribution < -0.4 is 4.90 Å². The highest BCUT2D eigenvalue weighted by Gasteiger charge is 2.56. The first kappa shape index (κ1) is 18.8. The van der Waals surface area contributed by atoms with Gasteiger partial charge in [0.05, 0.1) is 15.9 Å². The SMILES string of the molecule is Cc1c(N2CCC[C@@]2(C(=O)O)C(C)(C)C)nc2cc(F)cc(F)c2c1Cl. The van der Waals surface area contributed by atoms with E-state index in [4.69, 9.17) is 11.6 Å². The predicted octanol–water partition coefficient (Wildman–Crippen LogP) is 4.94. The van der Waals surface area contributed by atoms with Crippen LogP contribution in [0, 0.1) is 24.0 Å². The van der Waals surface area contributed by atoms with Gasteiger partial charge in [0, 0.05) is 24.2 Å². The third kappa shape index (κ3) is 2.54. The molecule has 1 aliphatic rings. The number of fused-ring (bicyclic) bond motifs is 1. The minimum atomic E-state index is -1.17. The largest absolute Gasteiger partial charge is 0.479 e. The van der Waals surface area contributed by atoms with E-state index in [9.17, 15) is 18.7 Å². The summed E-state index contributed by atoms with van der Waals surface area (Å²) in [5.41, 5.74) is -1.19. The Morgan fingerprint density at radius 1 is 1.35 bits per heavy atom. The van der Waals surface area contributed by atoms with E-state index in [1.807, 2.05) is 20.8 Å². The van der Waals surface area contributed by atoms with Crippen LogP contribution in [-0.4, -0.2) is 28.1 Å². The second-order valence-corrected chi connectivity index (χ2v) is 8.20. The summed E-state index contributed by atoms with van der Waals surface area (Å²) in [4.78, 5) is 18.5. The van der Waals surface area contributed by atoms with Crippen molar-refractivity contribution in [1.29, 1.82) is 0 Å². The van der Waals surface area contributed by atoms with E-state index in [2.05, 4.69) is 4.98 Å². The maximum absolute atomic E-state index is 14.2. The van der Waals surface area contributed by atoms with E-state index in [0.717, 1.165) is 12.1 Å². The molecule has 1 saturated heterocycles. The highest BCUT2D eigenvalue weighted by molar-refractivity contribution is 6.36. The maximum atomic E-state index is 14.2. The summed E-state index contributed by atoms with van der Waals surface area (Å²) in [5.74, 6) is -2.11. The molecule has 0 bridgehead atoms. The van der Waals surface area contributed by atoms with E-state index >= 15 is 0 Å². The number of benzene rings is 1. The van der Waals surface area contributed by atoms with Crippen LogP contribution >= 0.6 is 11.6 Å². The first-order valence-corrected chi connectivity index (χ1v) is 8.84. The van der Waals surface area contributed by atoms with Crippen LogP contribution in [0.4, 0.5) is 14.6 Å². The minimum absolute atomic E-state index is 0.0465. The van der Waals surface area contributed by atoms with Crippen molar-refractivity contribution >= 4 is 34.3 Å². The molecule has 0 spiro atoms. The zero-order valence-electron chi connectivity index (χ0n) is 15.2. The van der Waals surface area contributed by atoms with Crippen LogP contribution in [0.1, 0.15) is 39.2 Å². The molecule has 4 nitrogen and oxygen atoms in total. The summed E-state index contributed by atoms with van der Waals surface area (Å²) in [6, 6.07) is 1.88. The lowest BCUT2D eigenvalue weighted by Crippen LogP contribution is -2.59. The Kier molecular flexibility index (Phi) is 4.38. The van der Waals surface area contributed by atoms with Gasteiger partial charge >= 0.3 is 5.97 Å². The molecule has 2 heterocycles. The van der Waals surface area contributed by atoms with E-state index in [0.29, 0.717) is 30.8 Å². The molecule has 0 amide bonds. The molecule has 0 saturated carbocycles. The number of hydrogen-bond acceptors (Lipinski definition) is 3. The molecule has 26 heavy (non-hydrogen) atoms. The predicted molar refractivity (Wildman–Crippen MR) is 97.8 cm³/mol. The van der Waals surface area contributed by atoms with Gasteiger partial charge in [-0.15, -0.1) is 0 Å². The average Bonchev–Trinajstić information content (AvgIpc) is 2.95. The van der Waals surface area contributed by atoms with Gasteiger partial charge < -0.3 is 10.0 Å². The molecule has 0 radical (unpaired) electrons. The summed E-state index contributed by atoms with van der Waals surface area (Å²) >= 11 is 6.38.